The second kappa shape index (κ2) is 5.69. The van der Waals surface area contributed by atoms with Gasteiger partial charge in [-0.2, -0.15) is 0 Å². The smallest absolute Gasteiger partial charge is 0.292 e. The van der Waals surface area contributed by atoms with Crippen LogP contribution in [0, 0.1) is 10.1 Å². The first-order valence-electron chi connectivity index (χ1n) is 5.14. The van der Waals surface area contributed by atoms with Crippen molar-refractivity contribution in [2.75, 3.05) is 5.73 Å². The van der Waals surface area contributed by atoms with Gasteiger partial charge in [0.05, 0.1) is 15.0 Å². The molecule has 0 heterocycles. The summed E-state index contributed by atoms with van der Waals surface area (Å²) in [6.07, 6.45) is 0. The second-order valence-corrected chi connectivity index (χ2v) is 5.62. The maximum atomic E-state index is 10.7. The zero-order valence-corrected chi connectivity index (χ0v) is 11.8. The zero-order chi connectivity index (χ0) is 14.0. The summed E-state index contributed by atoms with van der Waals surface area (Å²) in [5.41, 5.74) is 5.66. The highest BCUT2D eigenvalue weighted by atomic mass is 35.5. The molecule has 0 unspecified atom stereocenters. The maximum Gasteiger partial charge on any atom is 0.292 e. The number of nitrogens with zero attached hydrogens (tertiary/aromatic N) is 1. The fourth-order valence-electron chi connectivity index (χ4n) is 1.44. The molecule has 0 aliphatic carbocycles. The minimum Gasteiger partial charge on any atom is -0.393 e. The average Bonchev–Trinajstić information content (AvgIpc) is 2.33. The van der Waals surface area contributed by atoms with Crippen molar-refractivity contribution in [2.24, 2.45) is 0 Å². The van der Waals surface area contributed by atoms with Crippen LogP contribution in [0.5, 0.6) is 0 Å². The molecule has 98 valence electrons. The van der Waals surface area contributed by atoms with Crippen molar-refractivity contribution in [3.8, 4) is 0 Å². The number of hydrogen-bond acceptors (Lipinski definition) is 4. The molecule has 0 radical (unpaired) electrons. The molecule has 2 aromatic carbocycles. The molecule has 2 N–H and O–H groups in total. The van der Waals surface area contributed by atoms with Crippen LogP contribution in [0.15, 0.2) is 46.2 Å². The van der Waals surface area contributed by atoms with E-state index in [0.717, 1.165) is 9.79 Å². The minimum absolute atomic E-state index is 0.0986. The van der Waals surface area contributed by atoms with Crippen LogP contribution in [-0.2, 0) is 0 Å². The van der Waals surface area contributed by atoms with E-state index in [1.165, 1.54) is 17.8 Å². The van der Waals surface area contributed by atoms with E-state index in [1.54, 1.807) is 24.3 Å². The van der Waals surface area contributed by atoms with Crippen molar-refractivity contribution < 1.29 is 4.92 Å². The third kappa shape index (κ3) is 3.32. The normalized spacial score (nSPS) is 10.4. The molecule has 2 aromatic rings. The molecular formula is C12H8Cl2N2O2S. The van der Waals surface area contributed by atoms with Gasteiger partial charge in [-0.25, -0.2) is 0 Å². The van der Waals surface area contributed by atoms with Gasteiger partial charge in [0.25, 0.3) is 5.69 Å². The van der Waals surface area contributed by atoms with Gasteiger partial charge in [0, 0.05) is 15.9 Å². The summed E-state index contributed by atoms with van der Waals surface area (Å²) in [6, 6.07) is 9.83. The molecule has 0 saturated heterocycles. The number of rotatable bonds is 3. The van der Waals surface area contributed by atoms with Crippen molar-refractivity contribution in [1.82, 2.24) is 0 Å². The molecule has 0 spiro atoms. The third-order valence-electron chi connectivity index (χ3n) is 2.32. The van der Waals surface area contributed by atoms with Crippen LogP contribution in [0.2, 0.25) is 10.0 Å². The molecule has 0 atom stereocenters. The number of nitrogens with two attached hydrogens (primary N) is 1. The van der Waals surface area contributed by atoms with Crippen molar-refractivity contribution in [2.45, 2.75) is 9.79 Å². The molecule has 0 bridgehead atoms. The van der Waals surface area contributed by atoms with Gasteiger partial charge in [0.1, 0.15) is 5.69 Å². The Morgan fingerprint density at radius 1 is 1.05 bits per heavy atom. The van der Waals surface area contributed by atoms with Crippen molar-refractivity contribution in [3.05, 3.63) is 56.6 Å². The summed E-state index contributed by atoms with van der Waals surface area (Å²) in [5.74, 6) is 0. The fraction of sp³-hybridized carbons (Fsp3) is 0. The van der Waals surface area contributed by atoms with Gasteiger partial charge in [-0.3, -0.25) is 10.1 Å². The molecule has 19 heavy (non-hydrogen) atoms. The fourth-order valence-corrected chi connectivity index (χ4v) is 2.71. The summed E-state index contributed by atoms with van der Waals surface area (Å²) >= 11 is 13.1. The van der Waals surface area contributed by atoms with Crippen LogP contribution < -0.4 is 5.73 Å². The van der Waals surface area contributed by atoms with E-state index in [4.69, 9.17) is 28.9 Å². The number of halogens is 2. The highest BCUT2D eigenvalue weighted by Crippen LogP contribution is 2.35. The predicted octanol–water partition coefficient (Wildman–Crippen LogP) is 4.64. The maximum absolute atomic E-state index is 10.7. The van der Waals surface area contributed by atoms with Crippen LogP contribution in [0.4, 0.5) is 11.4 Å². The average molecular weight is 315 g/mol. The van der Waals surface area contributed by atoms with Crippen LogP contribution in [0.3, 0.4) is 0 Å². The van der Waals surface area contributed by atoms with Crippen LogP contribution in [0.1, 0.15) is 0 Å². The first-order valence-corrected chi connectivity index (χ1v) is 6.71. The Hall–Kier alpha value is -1.43. The van der Waals surface area contributed by atoms with E-state index in [1.807, 2.05) is 6.07 Å². The quantitative estimate of drug-likeness (QED) is 0.509. The molecule has 7 heteroatoms. The standard InChI is InChI=1S/C12H8Cl2N2O2S/c13-9-3-1-7(5-10(9)14)19-8-2-4-12(16(17)18)11(15)6-8/h1-6H,15H2. The Labute approximate surface area is 123 Å². The van der Waals surface area contributed by atoms with E-state index < -0.39 is 4.92 Å². The molecule has 2 rings (SSSR count). The Balaban J connectivity index is 2.26. The van der Waals surface area contributed by atoms with Gasteiger partial charge >= 0.3 is 0 Å². The summed E-state index contributed by atoms with van der Waals surface area (Å²) in [6.45, 7) is 0. The number of anilines is 1. The summed E-state index contributed by atoms with van der Waals surface area (Å²) in [7, 11) is 0. The Morgan fingerprint density at radius 2 is 1.68 bits per heavy atom. The van der Waals surface area contributed by atoms with Crippen molar-refractivity contribution in [1.29, 1.82) is 0 Å². The van der Waals surface area contributed by atoms with Gasteiger partial charge in [-0.1, -0.05) is 35.0 Å². The summed E-state index contributed by atoms with van der Waals surface area (Å²) < 4.78 is 0. The molecular weight excluding hydrogens is 307 g/mol. The molecule has 4 nitrogen and oxygen atoms in total. The number of nitrogen functional groups attached to an aromatic ring is 1. The molecule has 0 saturated carbocycles. The molecule has 0 aromatic heterocycles. The zero-order valence-electron chi connectivity index (χ0n) is 9.47. The van der Waals surface area contributed by atoms with Gasteiger partial charge < -0.3 is 5.73 Å². The van der Waals surface area contributed by atoms with Gasteiger partial charge in [-0.15, -0.1) is 0 Å². The van der Waals surface area contributed by atoms with Crippen LogP contribution in [0.25, 0.3) is 0 Å². The number of hydrogen-bond donors (Lipinski definition) is 1. The largest absolute Gasteiger partial charge is 0.393 e. The number of benzene rings is 2. The van der Waals surface area contributed by atoms with Crippen molar-refractivity contribution in [3.63, 3.8) is 0 Å². The Kier molecular flexibility index (Phi) is 4.19. The molecule has 0 amide bonds. The third-order valence-corrected chi connectivity index (χ3v) is 4.04. The highest BCUT2D eigenvalue weighted by molar-refractivity contribution is 7.99. The summed E-state index contributed by atoms with van der Waals surface area (Å²) in [5, 5.41) is 11.6. The van der Waals surface area contributed by atoms with E-state index >= 15 is 0 Å². The SMILES string of the molecule is Nc1cc(Sc2ccc(Cl)c(Cl)c2)ccc1[N+](=O)[O-]. The molecule has 0 fully saturated rings. The van der Waals surface area contributed by atoms with E-state index in [9.17, 15) is 10.1 Å². The van der Waals surface area contributed by atoms with E-state index in [-0.39, 0.29) is 11.4 Å². The highest BCUT2D eigenvalue weighted by Gasteiger charge is 2.11. The second-order valence-electron chi connectivity index (χ2n) is 3.66. The predicted molar refractivity (Wildman–Crippen MR) is 78.1 cm³/mol. The van der Waals surface area contributed by atoms with Gasteiger partial charge in [-0.05, 0) is 30.3 Å². The number of nitro groups is 1. The van der Waals surface area contributed by atoms with Crippen LogP contribution in [-0.4, -0.2) is 4.92 Å². The topological polar surface area (TPSA) is 69.2 Å². The lowest BCUT2D eigenvalue weighted by atomic mass is 10.3. The lowest BCUT2D eigenvalue weighted by molar-refractivity contribution is -0.383. The first-order chi connectivity index (χ1) is 8.97. The molecule has 0 aliphatic rings. The Bertz CT molecular complexity index is 650. The van der Waals surface area contributed by atoms with Crippen LogP contribution >= 0.6 is 35.0 Å². The Morgan fingerprint density at radius 3 is 2.26 bits per heavy atom. The number of nitro benzene ring substituents is 1. The summed E-state index contributed by atoms with van der Waals surface area (Å²) in [4.78, 5) is 11.8. The minimum atomic E-state index is -0.511. The van der Waals surface area contributed by atoms with Gasteiger partial charge in [0.15, 0.2) is 0 Å². The molecule has 0 aliphatic heterocycles. The van der Waals surface area contributed by atoms with E-state index in [0.29, 0.717) is 10.0 Å². The van der Waals surface area contributed by atoms with E-state index in [2.05, 4.69) is 0 Å². The lowest BCUT2D eigenvalue weighted by Crippen LogP contribution is -1.95. The lowest BCUT2D eigenvalue weighted by Gasteiger charge is -2.04. The first kappa shape index (κ1) is 14.0. The van der Waals surface area contributed by atoms with Crippen molar-refractivity contribution >= 4 is 46.3 Å². The monoisotopic (exact) mass is 314 g/mol. The van der Waals surface area contributed by atoms with Gasteiger partial charge in [0.2, 0.25) is 0 Å².